The summed E-state index contributed by atoms with van der Waals surface area (Å²) in [6, 6.07) is 2.49. The molecule has 1 rings (SSSR count). The molecule has 92 valence electrons. The van der Waals surface area contributed by atoms with Gasteiger partial charge in [0.1, 0.15) is 5.76 Å². The molecule has 0 amide bonds. The first-order chi connectivity index (χ1) is 7.54. The predicted octanol–water partition coefficient (Wildman–Crippen LogP) is 2.39. The first kappa shape index (κ1) is 13.3. The van der Waals surface area contributed by atoms with Gasteiger partial charge in [-0.3, -0.25) is 4.90 Å². The Balaban J connectivity index is 2.55. The van der Waals surface area contributed by atoms with Crippen molar-refractivity contribution in [2.75, 3.05) is 13.6 Å². The van der Waals surface area contributed by atoms with E-state index in [0.717, 1.165) is 18.7 Å². The number of aryl methyl sites for hydroxylation is 1. The fourth-order valence-electron chi connectivity index (χ4n) is 1.97. The number of furan rings is 1. The van der Waals surface area contributed by atoms with E-state index in [1.165, 1.54) is 5.56 Å². The molecule has 0 aliphatic rings. The SMILES string of the molecule is Cc1occc1CN(C)C(CN)CC(C)C. The minimum absolute atomic E-state index is 0.453. The second kappa shape index (κ2) is 6.06. The fraction of sp³-hybridized carbons (Fsp3) is 0.692. The Labute approximate surface area is 98.6 Å². The molecule has 3 nitrogen and oxygen atoms in total. The molecule has 1 aromatic rings. The van der Waals surface area contributed by atoms with Crippen molar-refractivity contribution >= 4 is 0 Å². The monoisotopic (exact) mass is 224 g/mol. The van der Waals surface area contributed by atoms with Crippen LogP contribution in [0.2, 0.25) is 0 Å². The van der Waals surface area contributed by atoms with E-state index >= 15 is 0 Å². The van der Waals surface area contributed by atoms with Crippen molar-refractivity contribution in [3.8, 4) is 0 Å². The van der Waals surface area contributed by atoms with Crippen molar-refractivity contribution in [3.63, 3.8) is 0 Å². The van der Waals surface area contributed by atoms with Gasteiger partial charge in [0, 0.05) is 24.7 Å². The summed E-state index contributed by atoms with van der Waals surface area (Å²) in [4.78, 5) is 2.32. The van der Waals surface area contributed by atoms with Crippen molar-refractivity contribution in [3.05, 3.63) is 23.7 Å². The normalized spacial score (nSPS) is 13.7. The summed E-state index contributed by atoms with van der Waals surface area (Å²) in [7, 11) is 2.13. The summed E-state index contributed by atoms with van der Waals surface area (Å²) in [6.07, 6.45) is 2.89. The largest absolute Gasteiger partial charge is 0.469 e. The molecular formula is C13H24N2O. The molecule has 0 saturated heterocycles. The van der Waals surface area contributed by atoms with Crippen molar-refractivity contribution < 1.29 is 4.42 Å². The van der Waals surface area contributed by atoms with Gasteiger partial charge >= 0.3 is 0 Å². The highest BCUT2D eigenvalue weighted by Crippen LogP contribution is 2.15. The van der Waals surface area contributed by atoms with E-state index in [4.69, 9.17) is 10.2 Å². The summed E-state index contributed by atoms with van der Waals surface area (Å²) in [6.45, 7) is 8.10. The molecule has 0 radical (unpaired) electrons. The maximum atomic E-state index is 5.82. The molecule has 0 aromatic carbocycles. The van der Waals surface area contributed by atoms with Crippen LogP contribution in [-0.2, 0) is 6.54 Å². The maximum absolute atomic E-state index is 5.82. The minimum Gasteiger partial charge on any atom is -0.469 e. The van der Waals surface area contributed by atoms with Crippen LogP contribution >= 0.6 is 0 Å². The minimum atomic E-state index is 0.453. The van der Waals surface area contributed by atoms with E-state index in [9.17, 15) is 0 Å². The smallest absolute Gasteiger partial charge is 0.105 e. The molecule has 0 bridgehead atoms. The zero-order valence-electron chi connectivity index (χ0n) is 10.9. The zero-order chi connectivity index (χ0) is 12.1. The summed E-state index contributed by atoms with van der Waals surface area (Å²) in [5.41, 5.74) is 7.08. The third-order valence-corrected chi connectivity index (χ3v) is 3.02. The Kier molecular flexibility index (Phi) is 5.03. The molecule has 1 aromatic heterocycles. The molecular weight excluding hydrogens is 200 g/mol. The quantitative estimate of drug-likeness (QED) is 0.806. The van der Waals surface area contributed by atoms with Gasteiger partial charge in [0.05, 0.1) is 6.26 Å². The van der Waals surface area contributed by atoms with Crippen LogP contribution in [0.4, 0.5) is 0 Å². The molecule has 3 heteroatoms. The van der Waals surface area contributed by atoms with Crippen molar-refractivity contribution in [1.29, 1.82) is 0 Å². The lowest BCUT2D eigenvalue weighted by molar-refractivity contribution is 0.209. The lowest BCUT2D eigenvalue weighted by Gasteiger charge is -2.28. The molecule has 0 spiro atoms. The van der Waals surface area contributed by atoms with Gasteiger partial charge in [-0.2, -0.15) is 0 Å². The number of nitrogens with two attached hydrogens (primary N) is 1. The van der Waals surface area contributed by atoms with Crippen LogP contribution in [0.5, 0.6) is 0 Å². The van der Waals surface area contributed by atoms with Gasteiger partial charge in [-0.15, -0.1) is 0 Å². The number of nitrogens with zero attached hydrogens (tertiary/aromatic N) is 1. The highest BCUT2D eigenvalue weighted by Gasteiger charge is 2.16. The van der Waals surface area contributed by atoms with Crippen LogP contribution in [0.1, 0.15) is 31.6 Å². The van der Waals surface area contributed by atoms with E-state index in [-0.39, 0.29) is 0 Å². The first-order valence-electron chi connectivity index (χ1n) is 5.97. The number of hydrogen-bond acceptors (Lipinski definition) is 3. The van der Waals surface area contributed by atoms with Gasteiger partial charge in [-0.25, -0.2) is 0 Å². The van der Waals surface area contributed by atoms with Gasteiger partial charge in [0.25, 0.3) is 0 Å². The molecule has 1 unspecified atom stereocenters. The molecule has 2 N–H and O–H groups in total. The standard InChI is InChI=1S/C13H24N2O/c1-10(2)7-13(8-14)15(4)9-12-5-6-16-11(12)3/h5-6,10,13H,7-9,14H2,1-4H3. The van der Waals surface area contributed by atoms with E-state index in [0.29, 0.717) is 18.5 Å². The van der Waals surface area contributed by atoms with E-state index in [2.05, 4.69) is 25.8 Å². The van der Waals surface area contributed by atoms with Gasteiger partial charge < -0.3 is 10.2 Å². The topological polar surface area (TPSA) is 42.4 Å². The maximum Gasteiger partial charge on any atom is 0.105 e. The molecule has 1 heterocycles. The summed E-state index contributed by atoms with van der Waals surface area (Å²) >= 11 is 0. The zero-order valence-corrected chi connectivity index (χ0v) is 10.9. The third-order valence-electron chi connectivity index (χ3n) is 3.02. The summed E-state index contributed by atoms with van der Waals surface area (Å²) in [5.74, 6) is 1.69. The molecule has 0 aliphatic heterocycles. The predicted molar refractivity (Wildman–Crippen MR) is 67.2 cm³/mol. The number of likely N-dealkylation sites (N-methyl/N-ethyl adjacent to an activating group) is 1. The molecule has 1 atom stereocenters. The average Bonchev–Trinajstić information content (AvgIpc) is 2.60. The second-order valence-corrected chi connectivity index (χ2v) is 4.94. The van der Waals surface area contributed by atoms with E-state index in [1.807, 2.05) is 13.0 Å². The summed E-state index contributed by atoms with van der Waals surface area (Å²) < 4.78 is 5.30. The van der Waals surface area contributed by atoms with Gasteiger partial charge in [0.2, 0.25) is 0 Å². The van der Waals surface area contributed by atoms with Crippen LogP contribution in [0.25, 0.3) is 0 Å². The van der Waals surface area contributed by atoms with Crippen LogP contribution in [-0.4, -0.2) is 24.5 Å². The Hall–Kier alpha value is -0.800. The van der Waals surface area contributed by atoms with Crippen molar-refractivity contribution in [2.45, 2.75) is 39.8 Å². The lowest BCUT2D eigenvalue weighted by atomic mass is 10.0. The number of hydrogen-bond donors (Lipinski definition) is 1. The Morgan fingerprint density at radius 2 is 2.12 bits per heavy atom. The molecule has 16 heavy (non-hydrogen) atoms. The third kappa shape index (κ3) is 3.65. The summed E-state index contributed by atoms with van der Waals surface area (Å²) in [5, 5.41) is 0. The highest BCUT2D eigenvalue weighted by atomic mass is 16.3. The van der Waals surface area contributed by atoms with Crippen LogP contribution in [0.3, 0.4) is 0 Å². The fourth-order valence-corrected chi connectivity index (χ4v) is 1.97. The van der Waals surface area contributed by atoms with Crippen molar-refractivity contribution in [2.24, 2.45) is 11.7 Å². The van der Waals surface area contributed by atoms with Crippen LogP contribution in [0, 0.1) is 12.8 Å². The molecule has 0 aliphatic carbocycles. The first-order valence-corrected chi connectivity index (χ1v) is 5.97. The van der Waals surface area contributed by atoms with Crippen LogP contribution in [0.15, 0.2) is 16.7 Å². The molecule has 0 fully saturated rings. The van der Waals surface area contributed by atoms with Crippen LogP contribution < -0.4 is 5.73 Å². The van der Waals surface area contributed by atoms with Crippen molar-refractivity contribution in [1.82, 2.24) is 4.90 Å². The highest BCUT2D eigenvalue weighted by molar-refractivity contribution is 5.15. The second-order valence-electron chi connectivity index (χ2n) is 4.94. The number of rotatable bonds is 6. The Morgan fingerprint density at radius 1 is 1.44 bits per heavy atom. The molecule has 0 saturated carbocycles. The van der Waals surface area contributed by atoms with Gasteiger partial charge in [0.15, 0.2) is 0 Å². The van der Waals surface area contributed by atoms with E-state index < -0.39 is 0 Å². The average molecular weight is 224 g/mol. The van der Waals surface area contributed by atoms with Gasteiger partial charge in [-0.05, 0) is 32.4 Å². The van der Waals surface area contributed by atoms with E-state index in [1.54, 1.807) is 6.26 Å². The Morgan fingerprint density at radius 3 is 2.56 bits per heavy atom. The van der Waals surface area contributed by atoms with Gasteiger partial charge in [-0.1, -0.05) is 13.8 Å². The Bertz CT molecular complexity index is 307. The lowest BCUT2D eigenvalue weighted by Crippen LogP contribution is -2.38.